The molecule has 2 fully saturated rings. The number of benzene rings is 2. The van der Waals surface area contributed by atoms with E-state index in [-0.39, 0.29) is 29.8 Å². The molecule has 0 aliphatic carbocycles. The number of allylic oxidation sites excluding steroid dienone is 2. The zero-order valence-corrected chi connectivity index (χ0v) is 35.1. The van der Waals surface area contributed by atoms with E-state index in [2.05, 4.69) is 10.2 Å². The van der Waals surface area contributed by atoms with Gasteiger partial charge in [0.15, 0.2) is 0 Å². The van der Waals surface area contributed by atoms with Gasteiger partial charge in [-0.25, -0.2) is 9.59 Å². The maximum atomic E-state index is 13.1. The van der Waals surface area contributed by atoms with Crippen molar-refractivity contribution in [2.45, 2.75) is 103 Å². The molecule has 60 heavy (non-hydrogen) atoms. The number of likely N-dealkylation sites (tertiary alicyclic amines) is 1. The Hall–Kier alpha value is -5.03. The van der Waals surface area contributed by atoms with E-state index in [9.17, 15) is 39.3 Å². The highest BCUT2D eigenvalue weighted by atomic mass is 16.5. The molecule has 3 aliphatic rings. The molecular formula is C44H62N4O12. The number of esters is 2. The molecule has 0 radical (unpaired) electrons. The monoisotopic (exact) mass is 838 g/mol. The fourth-order valence-electron chi connectivity index (χ4n) is 7.63. The smallest absolute Gasteiger partial charge is 0.342 e. The number of hydrogen-bond donors (Lipinski definition) is 5. The maximum absolute atomic E-state index is 13.1. The molecule has 2 aromatic rings. The zero-order valence-electron chi connectivity index (χ0n) is 35.1. The molecule has 3 aliphatic heterocycles. The van der Waals surface area contributed by atoms with Gasteiger partial charge >= 0.3 is 23.9 Å². The minimum absolute atomic E-state index is 0.0912. The Morgan fingerprint density at radius 2 is 1.77 bits per heavy atom. The molecule has 2 aromatic carbocycles. The molecule has 0 spiro atoms. The number of phenols is 1. The summed E-state index contributed by atoms with van der Waals surface area (Å²) in [5, 5.41) is 32.7. The van der Waals surface area contributed by atoms with Gasteiger partial charge in [0.25, 0.3) is 0 Å². The number of aliphatic carboxylic acids is 2. The number of nitrogens with zero attached hydrogens (tertiary/aromatic N) is 2. The number of ether oxygens (including phenoxy) is 4. The number of carbonyl (C=O) groups excluding carboxylic acids is 3. The predicted octanol–water partition coefficient (Wildman–Crippen LogP) is 3.76. The van der Waals surface area contributed by atoms with Crippen LogP contribution in [-0.4, -0.2) is 133 Å². The largest absolute Gasteiger partial charge is 0.507 e. The Balaban J connectivity index is 0.000000265. The van der Waals surface area contributed by atoms with Gasteiger partial charge in [-0.3, -0.25) is 24.6 Å². The summed E-state index contributed by atoms with van der Waals surface area (Å²) >= 11 is 0. The lowest BCUT2D eigenvalue weighted by molar-refractivity contribution is -0.149. The summed E-state index contributed by atoms with van der Waals surface area (Å²) in [6.07, 6.45) is 6.94. The van der Waals surface area contributed by atoms with E-state index in [1.807, 2.05) is 50.3 Å². The summed E-state index contributed by atoms with van der Waals surface area (Å²) in [4.78, 5) is 63.9. The molecule has 0 bridgehead atoms. The molecule has 2 saturated heterocycles. The van der Waals surface area contributed by atoms with E-state index in [0.29, 0.717) is 94.4 Å². The highest BCUT2D eigenvalue weighted by molar-refractivity contribution is 5.98. The van der Waals surface area contributed by atoms with E-state index in [1.54, 1.807) is 7.11 Å². The summed E-state index contributed by atoms with van der Waals surface area (Å²) in [7, 11) is 1.54. The molecule has 16 heteroatoms. The van der Waals surface area contributed by atoms with Crippen molar-refractivity contribution >= 4 is 29.8 Å². The van der Waals surface area contributed by atoms with Crippen LogP contribution in [0.5, 0.6) is 11.5 Å². The number of rotatable bonds is 21. The first-order valence-corrected chi connectivity index (χ1v) is 20.8. The molecule has 16 nitrogen and oxygen atoms in total. The number of carbonyl (C=O) groups is 5. The van der Waals surface area contributed by atoms with Crippen LogP contribution in [0.2, 0.25) is 0 Å². The molecule has 3 atom stereocenters. The molecule has 330 valence electrons. The number of fused-ring (bicyclic) bond motifs is 1. The third-order valence-electron chi connectivity index (χ3n) is 11.1. The average Bonchev–Trinajstić information content (AvgIpc) is 3.90. The van der Waals surface area contributed by atoms with Gasteiger partial charge in [-0.2, -0.15) is 0 Å². The van der Waals surface area contributed by atoms with Crippen molar-refractivity contribution in [2.75, 3.05) is 59.7 Å². The van der Waals surface area contributed by atoms with Gasteiger partial charge in [-0.15, -0.1) is 0 Å². The average molecular weight is 839 g/mol. The van der Waals surface area contributed by atoms with Crippen molar-refractivity contribution in [2.24, 2.45) is 5.73 Å². The third kappa shape index (κ3) is 13.8. The van der Waals surface area contributed by atoms with Crippen molar-refractivity contribution in [3.05, 3.63) is 69.8 Å². The summed E-state index contributed by atoms with van der Waals surface area (Å²) in [5.74, 6) is -2.65. The summed E-state index contributed by atoms with van der Waals surface area (Å²) in [5.41, 5.74) is 9.81. The number of nitrogens with two attached hydrogens (primary N) is 1. The van der Waals surface area contributed by atoms with Crippen LogP contribution in [0.4, 0.5) is 0 Å². The molecule has 6 N–H and O–H groups in total. The number of unbranched alkanes of at least 4 members (excludes halogenated alkanes) is 1. The molecule has 1 amide bonds. The Bertz CT molecular complexity index is 1800. The lowest BCUT2D eigenvalue weighted by Crippen LogP contribution is -2.54. The molecule has 3 heterocycles. The number of nitrogens with one attached hydrogen (secondary N) is 1. The quantitative estimate of drug-likeness (QED) is 0.0685. The van der Waals surface area contributed by atoms with Gasteiger partial charge in [-0.1, -0.05) is 48.4 Å². The number of morpholine rings is 1. The standard InChI is InChI=1S/C23H31NO7.C21H31N3O5/c1-15(5-7-19(25)30-13-10-24-8-11-29-12-9-24)4-6-17-21(26)20-18(14-31-23(20)27)16(2)22(17)28-3;22-13-5-4-9-16(19(25)24-14-6-10-18(24)21(28)29)23-17(20(26)27)12-11-15-7-2-1-3-8-15/h4,26H,5-14H2,1-3H3;1-3,7-8,16-18,23H,4-6,9-14,22H2,(H,26,27)(H,28,29)/b15-4+;/t;16-,17-,18-/m.0/s1. The summed E-state index contributed by atoms with van der Waals surface area (Å²) in [6.45, 7) is 9.10. The van der Waals surface area contributed by atoms with Crippen LogP contribution in [-0.2, 0) is 52.8 Å². The Labute approximate surface area is 352 Å². The SMILES string of the molecule is COc1c(C)c2c(c(O)c1C/C=C(\C)CCC(=O)OCCN1CCOCC1)C(=O)OC2.NCCCC[C@H](N[C@@H](CCc1ccccc1)C(=O)O)C(=O)N1CCC[C@H]1C(=O)O. The first kappa shape index (κ1) is 47.6. The Morgan fingerprint density at radius 3 is 2.43 bits per heavy atom. The molecule has 0 saturated carbocycles. The first-order valence-electron chi connectivity index (χ1n) is 20.8. The second-order valence-electron chi connectivity index (χ2n) is 15.3. The van der Waals surface area contributed by atoms with Gasteiger partial charge < -0.3 is 44.9 Å². The lowest BCUT2D eigenvalue weighted by Gasteiger charge is -2.29. The van der Waals surface area contributed by atoms with E-state index >= 15 is 0 Å². The van der Waals surface area contributed by atoms with Crippen molar-refractivity contribution in [1.82, 2.24) is 15.1 Å². The number of cyclic esters (lactones) is 1. The van der Waals surface area contributed by atoms with Crippen LogP contribution in [0.25, 0.3) is 0 Å². The fraction of sp³-hybridized carbons (Fsp3) is 0.568. The number of aryl methyl sites for hydroxylation is 1. The van der Waals surface area contributed by atoms with Gasteiger partial charge in [0.1, 0.15) is 42.4 Å². The Kier molecular flexibility index (Phi) is 19.3. The second-order valence-corrected chi connectivity index (χ2v) is 15.3. The molecular weight excluding hydrogens is 776 g/mol. The van der Waals surface area contributed by atoms with Gasteiger partial charge in [0.2, 0.25) is 5.91 Å². The van der Waals surface area contributed by atoms with Crippen molar-refractivity contribution in [1.29, 1.82) is 0 Å². The number of carboxylic acids is 2. The summed E-state index contributed by atoms with van der Waals surface area (Å²) < 4.78 is 21.2. The zero-order chi connectivity index (χ0) is 43.6. The predicted molar refractivity (Wildman–Crippen MR) is 222 cm³/mol. The van der Waals surface area contributed by atoms with E-state index in [1.165, 1.54) is 4.90 Å². The first-order chi connectivity index (χ1) is 28.9. The summed E-state index contributed by atoms with van der Waals surface area (Å²) in [6, 6.07) is 7.10. The van der Waals surface area contributed by atoms with E-state index in [0.717, 1.165) is 56.0 Å². The van der Waals surface area contributed by atoms with Crippen LogP contribution in [0.3, 0.4) is 0 Å². The molecule has 0 aromatic heterocycles. The fourth-order valence-corrected chi connectivity index (χ4v) is 7.63. The number of carboxylic acid groups (broad SMARTS) is 2. The normalized spacial score (nSPS) is 17.5. The van der Waals surface area contributed by atoms with Crippen molar-refractivity contribution in [3.63, 3.8) is 0 Å². The van der Waals surface area contributed by atoms with Gasteiger partial charge in [-0.05, 0) is 82.9 Å². The van der Waals surface area contributed by atoms with Gasteiger partial charge in [0.05, 0.1) is 26.4 Å². The van der Waals surface area contributed by atoms with Crippen LogP contribution in [0.1, 0.15) is 90.9 Å². The number of hydrogen-bond acceptors (Lipinski definition) is 13. The topological polar surface area (TPSA) is 227 Å². The molecule has 5 rings (SSSR count). The number of amides is 1. The third-order valence-corrected chi connectivity index (χ3v) is 11.1. The van der Waals surface area contributed by atoms with E-state index < -0.39 is 36.0 Å². The van der Waals surface area contributed by atoms with Crippen LogP contribution < -0.4 is 15.8 Å². The lowest BCUT2D eigenvalue weighted by atomic mass is 9.94. The van der Waals surface area contributed by atoms with Crippen molar-refractivity contribution < 1.29 is 58.2 Å². The van der Waals surface area contributed by atoms with Gasteiger partial charge in [0, 0.05) is 43.7 Å². The van der Waals surface area contributed by atoms with Crippen molar-refractivity contribution in [3.8, 4) is 11.5 Å². The highest BCUT2D eigenvalue weighted by Crippen LogP contribution is 2.42. The number of aromatic hydroxyl groups is 1. The number of methoxy groups -OCH3 is 1. The highest BCUT2D eigenvalue weighted by Gasteiger charge is 2.38. The Morgan fingerprint density at radius 1 is 1.03 bits per heavy atom. The van der Waals surface area contributed by atoms with Crippen LogP contribution in [0.15, 0.2) is 42.0 Å². The number of phenolic OH excluding ortho intramolecular Hbond substituents is 1. The maximum Gasteiger partial charge on any atom is 0.342 e. The van der Waals surface area contributed by atoms with Crippen LogP contribution >= 0.6 is 0 Å². The second kappa shape index (κ2) is 24.3. The van der Waals surface area contributed by atoms with Crippen LogP contribution in [0, 0.1) is 6.92 Å². The van der Waals surface area contributed by atoms with E-state index in [4.69, 9.17) is 24.7 Å². The minimum atomic E-state index is -1.02. The minimum Gasteiger partial charge on any atom is -0.507 e. The molecule has 0 unspecified atom stereocenters.